The van der Waals surface area contributed by atoms with Gasteiger partial charge in [-0.15, -0.1) is 0 Å². The minimum Gasteiger partial charge on any atom is -0.338 e. The number of benzene rings is 2. The number of hydrogen-bond acceptors (Lipinski definition) is 4. The molecular formula is C19H21N3O3S. The number of nitriles is 1. The molecule has 0 bridgehead atoms. The summed E-state index contributed by atoms with van der Waals surface area (Å²) in [7, 11) is -0.784. The molecule has 136 valence electrons. The lowest BCUT2D eigenvalue weighted by atomic mass is 10.1. The summed E-state index contributed by atoms with van der Waals surface area (Å²) in [5.41, 5.74) is 1.35. The fraction of sp³-hybridized carbons (Fsp3) is 0.263. The third kappa shape index (κ3) is 4.28. The molecule has 0 saturated carbocycles. The van der Waals surface area contributed by atoms with E-state index in [1.54, 1.807) is 7.05 Å². The Labute approximate surface area is 154 Å². The number of carbonyl (C=O) groups excluding carboxylic acids is 1. The van der Waals surface area contributed by atoms with Gasteiger partial charge in [-0.3, -0.25) is 4.79 Å². The number of sulfonamides is 1. The third-order valence-corrected chi connectivity index (χ3v) is 6.12. The molecule has 1 amide bonds. The van der Waals surface area contributed by atoms with Crippen molar-refractivity contribution in [2.45, 2.75) is 17.9 Å². The van der Waals surface area contributed by atoms with Crippen molar-refractivity contribution < 1.29 is 13.2 Å². The molecule has 0 saturated heterocycles. The molecule has 0 aliphatic carbocycles. The molecule has 0 heterocycles. The van der Waals surface area contributed by atoms with Gasteiger partial charge in [-0.05, 0) is 36.8 Å². The summed E-state index contributed by atoms with van der Waals surface area (Å²) >= 11 is 0. The summed E-state index contributed by atoms with van der Waals surface area (Å²) in [6.45, 7) is 1.62. The van der Waals surface area contributed by atoms with Crippen molar-refractivity contribution in [3.05, 3.63) is 65.7 Å². The van der Waals surface area contributed by atoms with Gasteiger partial charge in [0.1, 0.15) is 0 Å². The van der Waals surface area contributed by atoms with Gasteiger partial charge < -0.3 is 4.90 Å². The van der Waals surface area contributed by atoms with E-state index in [0.29, 0.717) is 5.56 Å². The number of likely N-dealkylation sites (N-methyl/N-ethyl adjacent to an activating group) is 2. The Kier molecular flexibility index (Phi) is 6.14. The van der Waals surface area contributed by atoms with Crippen LogP contribution in [0.5, 0.6) is 0 Å². The van der Waals surface area contributed by atoms with Crippen LogP contribution < -0.4 is 0 Å². The third-order valence-electron chi connectivity index (χ3n) is 4.31. The summed E-state index contributed by atoms with van der Waals surface area (Å²) in [4.78, 5) is 14.1. The molecule has 26 heavy (non-hydrogen) atoms. The highest BCUT2D eigenvalue weighted by atomic mass is 32.2. The van der Waals surface area contributed by atoms with Crippen LogP contribution in [0.25, 0.3) is 0 Å². The Morgan fingerprint density at radius 3 is 2.19 bits per heavy atom. The first-order chi connectivity index (χ1) is 12.3. The number of nitrogens with zero attached hydrogens (tertiary/aromatic N) is 3. The van der Waals surface area contributed by atoms with Gasteiger partial charge >= 0.3 is 0 Å². The summed E-state index contributed by atoms with van der Waals surface area (Å²) in [6.07, 6.45) is 0. The SMILES string of the molecule is C[C@H](c1ccccc1)N(C)C(=O)CN(C)S(=O)(=O)c1ccc(C#N)cc1. The van der Waals surface area contributed by atoms with Crippen LogP contribution in [0.15, 0.2) is 59.5 Å². The second kappa shape index (κ2) is 8.13. The van der Waals surface area contributed by atoms with Crippen molar-refractivity contribution >= 4 is 15.9 Å². The van der Waals surface area contributed by atoms with Gasteiger partial charge in [0.05, 0.1) is 29.1 Å². The molecular weight excluding hydrogens is 350 g/mol. The summed E-state index contributed by atoms with van der Waals surface area (Å²) in [5, 5.41) is 8.81. The maximum atomic E-state index is 12.6. The normalized spacial score (nSPS) is 12.4. The van der Waals surface area contributed by atoms with Crippen LogP contribution in [-0.4, -0.2) is 44.2 Å². The van der Waals surface area contributed by atoms with E-state index in [0.717, 1.165) is 9.87 Å². The maximum absolute atomic E-state index is 12.6. The van der Waals surface area contributed by atoms with E-state index in [1.807, 2.05) is 43.3 Å². The van der Waals surface area contributed by atoms with E-state index >= 15 is 0 Å². The lowest BCUT2D eigenvalue weighted by molar-refractivity contribution is -0.131. The van der Waals surface area contributed by atoms with Gasteiger partial charge in [-0.25, -0.2) is 8.42 Å². The quantitative estimate of drug-likeness (QED) is 0.781. The molecule has 0 radical (unpaired) electrons. The van der Waals surface area contributed by atoms with Crippen molar-refractivity contribution in [1.29, 1.82) is 5.26 Å². The minimum absolute atomic E-state index is 0.0468. The Morgan fingerprint density at radius 2 is 1.65 bits per heavy atom. The number of carbonyl (C=O) groups is 1. The summed E-state index contributed by atoms with van der Waals surface area (Å²) < 4.78 is 26.2. The highest BCUT2D eigenvalue weighted by Crippen LogP contribution is 2.20. The molecule has 0 spiro atoms. The molecule has 2 aromatic carbocycles. The molecule has 0 N–H and O–H groups in total. The first-order valence-electron chi connectivity index (χ1n) is 8.04. The Bertz CT molecular complexity index is 903. The van der Waals surface area contributed by atoms with Gasteiger partial charge in [0.15, 0.2) is 0 Å². The summed E-state index contributed by atoms with van der Waals surface area (Å²) in [5.74, 6) is -0.305. The van der Waals surface area contributed by atoms with Gasteiger partial charge in [0.2, 0.25) is 15.9 Å². The average Bonchev–Trinajstić information content (AvgIpc) is 2.67. The number of rotatable bonds is 6. The predicted octanol–water partition coefficient (Wildman–Crippen LogP) is 2.40. The van der Waals surface area contributed by atoms with Gasteiger partial charge in [-0.1, -0.05) is 30.3 Å². The van der Waals surface area contributed by atoms with Crippen molar-refractivity contribution in [2.75, 3.05) is 20.6 Å². The van der Waals surface area contributed by atoms with Crippen LogP contribution in [0.2, 0.25) is 0 Å². The smallest absolute Gasteiger partial charge is 0.243 e. The monoisotopic (exact) mass is 371 g/mol. The van der Waals surface area contributed by atoms with Gasteiger partial charge in [0, 0.05) is 14.1 Å². The Hall–Kier alpha value is -2.69. The van der Waals surface area contributed by atoms with Crippen LogP contribution in [0, 0.1) is 11.3 Å². The van der Waals surface area contributed by atoms with E-state index in [9.17, 15) is 13.2 Å². The first-order valence-corrected chi connectivity index (χ1v) is 9.48. The lowest BCUT2D eigenvalue weighted by Crippen LogP contribution is -2.40. The largest absolute Gasteiger partial charge is 0.338 e. The first kappa shape index (κ1) is 19.6. The molecule has 0 unspecified atom stereocenters. The van der Waals surface area contributed by atoms with Crippen LogP contribution >= 0.6 is 0 Å². The van der Waals surface area contributed by atoms with Gasteiger partial charge in [0.25, 0.3) is 0 Å². The van der Waals surface area contributed by atoms with Crippen molar-refractivity contribution in [3.63, 3.8) is 0 Å². The predicted molar refractivity (Wildman–Crippen MR) is 98.6 cm³/mol. The molecule has 0 aromatic heterocycles. The fourth-order valence-electron chi connectivity index (χ4n) is 2.44. The molecule has 2 aromatic rings. The van der Waals surface area contributed by atoms with Crippen LogP contribution in [0.1, 0.15) is 24.1 Å². The zero-order valence-corrected chi connectivity index (χ0v) is 15.8. The lowest BCUT2D eigenvalue weighted by Gasteiger charge is -2.27. The molecule has 0 aliphatic heterocycles. The molecule has 7 heteroatoms. The molecule has 1 atom stereocenters. The second-order valence-corrected chi connectivity index (χ2v) is 8.03. The Balaban J connectivity index is 2.10. The molecule has 0 fully saturated rings. The highest BCUT2D eigenvalue weighted by molar-refractivity contribution is 7.89. The van der Waals surface area contributed by atoms with Crippen LogP contribution in [-0.2, 0) is 14.8 Å². The Morgan fingerprint density at radius 1 is 1.08 bits per heavy atom. The van der Waals surface area contributed by atoms with Crippen molar-refractivity contribution in [1.82, 2.24) is 9.21 Å². The molecule has 0 aliphatic rings. The number of hydrogen-bond donors (Lipinski definition) is 0. The van der Waals surface area contributed by atoms with E-state index in [-0.39, 0.29) is 23.4 Å². The maximum Gasteiger partial charge on any atom is 0.243 e. The second-order valence-electron chi connectivity index (χ2n) is 5.99. The topological polar surface area (TPSA) is 81.5 Å². The zero-order valence-electron chi connectivity index (χ0n) is 15.0. The summed E-state index contributed by atoms with van der Waals surface area (Å²) in [6, 6.07) is 16.9. The number of amides is 1. The molecule has 6 nitrogen and oxygen atoms in total. The van der Waals surface area contributed by atoms with Gasteiger partial charge in [-0.2, -0.15) is 9.57 Å². The van der Waals surface area contributed by atoms with Crippen LogP contribution in [0.4, 0.5) is 0 Å². The van der Waals surface area contributed by atoms with E-state index in [2.05, 4.69) is 0 Å². The molecule has 2 rings (SSSR count). The highest BCUT2D eigenvalue weighted by Gasteiger charge is 2.26. The van der Waals surface area contributed by atoms with Crippen molar-refractivity contribution in [2.24, 2.45) is 0 Å². The fourth-order valence-corrected chi connectivity index (χ4v) is 3.56. The van der Waals surface area contributed by atoms with Crippen LogP contribution in [0.3, 0.4) is 0 Å². The van der Waals surface area contributed by atoms with Crippen molar-refractivity contribution in [3.8, 4) is 6.07 Å². The van der Waals surface area contributed by atoms with E-state index in [1.165, 1.54) is 36.2 Å². The zero-order chi connectivity index (χ0) is 19.3. The van der Waals surface area contributed by atoms with E-state index < -0.39 is 10.0 Å². The average molecular weight is 371 g/mol. The minimum atomic E-state index is -3.81. The van der Waals surface area contributed by atoms with E-state index in [4.69, 9.17) is 5.26 Å². The standard InChI is InChI=1S/C19H21N3O3S/c1-15(17-7-5-4-6-8-17)22(3)19(23)14-21(2)26(24,25)18-11-9-16(13-20)10-12-18/h4-12,15H,14H2,1-3H3/t15-/m1/s1.